The van der Waals surface area contributed by atoms with Gasteiger partial charge < -0.3 is 19.8 Å². The fourth-order valence-electron chi connectivity index (χ4n) is 8.26. The highest BCUT2D eigenvalue weighted by molar-refractivity contribution is 5.97. The number of nitrogens with one attached hydrogen (secondary N) is 2. The number of aromatic amines is 1. The molecular weight excluding hydrogens is 482 g/mol. The van der Waals surface area contributed by atoms with E-state index in [1.165, 1.54) is 35.0 Å². The molecule has 2 aliphatic heterocycles. The molecule has 2 bridgehead atoms. The number of amides is 2. The number of urea groups is 1. The molecular formula is C30H37N3O5. The van der Waals surface area contributed by atoms with Crippen molar-refractivity contribution < 1.29 is 19.1 Å². The lowest BCUT2D eigenvalue weighted by Gasteiger charge is -2.57. The zero-order valence-electron chi connectivity index (χ0n) is 22.8. The third-order valence-electron chi connectivity index (χ3n) is 9.65. The predicted octanol–water partition coefficient (Wildman–Crippen LogP) is 5.90. The second kappa shape index (κ2) is 8.58. The quantitative estimate of drug-likeness (QED) is 0.456. The van der Waals surface area contributed by atoms with E-state index >= 15 is 0 Å². The number of H-pyrrole nitrogens is 1. The number of hydrogen-bond donors (Lipinski definition) is 2. The van der Waals surface area contributed by atoms with Crippen molar-refractivity contribution in [1.82, 2.24) is 10.3 Å². The summed E-state index contributed by atoms with van der Waals surface area (Å²) in [6.07, 6.45) is 6.88. The van der Waals surface area contributed by atoms with Gasteiger partial charge in [-0.25, -0.2) is 4.79 Å². The van der Waals surface area contributed by atoms with Crippen LogP contribution in [-0.4, -0.2) is 40.3 Å². The highest BCUT2D eigenvalue weighted by Crippen LogP contribution is 2.68. The minimum absolute atomic E-state index is 0.0137. The standard InChI is InChI=1S/C26H29NO3.C4H8N2O2/c1-24(2)23-20(28)13-18-17-9-8-14-12-16-15-6-4-5-7-19(15)27-22(16)21(14)25(17,3)10-11-26(18,29-23)30-24;1-3(2)5-4(7)6-8/h4-7,13-14,17,21,23,27H,8-12H2,1-3H3;3H,1-2H3,(H,5,7). The monoisotopic (exact) mass is 519 g/mol. The van der Waals surface area contributed by atoms with E-state index in [2.05, 4.69) is 46.7 Å². The van der Waals surface area contributed by atoms with Crippen LogP contribution in [0, 0.1) is 22.2 Å². The second-order valence-corrected chi connectivity index (χ2v) is 12.8. The van der Waals surface area contributed by atoms with Crippen LogP contribution in [0.25, 0.3) is 10.9 Å². The number of aromatic nitrogens is 1. The number of carbonyl (C=O) groups excluding carboxylic acids is 2. The van der Waals surface area contributed by atoms with Crippen LogP contribution in [0.15, 0.2) is 41.1 Å². The highest BCUT2D eigenvalue weighted by Gasteiger charge is 2.66. The van der Waals surface area contributed by atoms with Gasteiger partial charge in [0, 0.05) is 40.2 Å². The van der Waals surface area contributed by atoms with Crippen LogP contribution < -0.4 is 5.32 Å². The number of hydrogen-bond acceptors (Lipinski definition) is 5. The molecule has 1 spiro atoms. The van der Waals surface area contributed by atoms with Gasteiger partial charge in [-0.05, 0) is 93.9 Å². The zero-order chi connectivity index (χ0) is 27.0. The highest BCUT2D eigenvalue weighted by atomic mass is 16.8. The molecule has 0 radical (unpaired) electrons. The van der Waals surface area contributed by atoms with Crippen molar-refractivity contribution in [2.75, 3.05) is 0 Å². The molecule has 3 fully saturated rings. The summed E-state index contributed by atoms with van der Waals surface area (Å²) in [4.78, 5) is 36.2. The number of fused-ring (bicyclic) bond motifs is 9. The number of para-hydroxylation sites is 1. The summed E-state index contributed by atoms with van der Waals surface area (Å²) in [6, 6.07) is 7.92. The van der Waals surface area contributed by atoms with Crippen LogP contribution in [0.5, 0.6) is 0 Å². The van der Waals surface area contributed by atoms with Crippen molar-refractivity contribution in [3.63, 3.8) is 0 Å². The Morgan fingerprint density at radius 3 is 2.63 bits per heavy atom. The lowest BCUT2D eigenvalue weighted by Crippen LogP contribution is -2.54. The Bertz CT molecular complexity index is 1360. The Kier molecular flexibility index (Phi) is 5.74. The SMILES string of the molecule is CC(C)NC(=O)N=O.CC1(C)OC23CCC4(C)C(CCC5Cc6c([nH]c7ccccc67)C54)C2=CC(=O)C1O3. The van der Waals surface area contributed by atoms with Gasteiger partial charge in [-0.2, -0.15) is 0 Å². The van der Waals surface area contributed by atoms with Crippen LogP contribution in [0.2, 0.25) is 0 Å². The second-order valence-electron chi connectivity index (χ2n) is 12.8. The zero-order valence-corrected chi connectivity index (χ0v) is 22.8. The normalized spacial score (nSPS) is 35.8. The van der Waals surface area contributed by atoms with Gasteiger partial charge in [-0.1, -0.05) is 25.1 Å². The van der Waals surface area contributed by atoms with Gasteiger partial charge in [0.1, 0.15) is 5.60 Å². The summed E-state index contributed by atoms with van der Waals surface area (Å²) in [5.74, 6) is 0.955. The van der Waals surface area contributed by atoms with E-state index in [0.29, 0.717) is 17.8 Å². The van der Waals surface area contributed by atoms with Crippen molar-refractivity contribution in [3.8, 4) is 0 Å². The number of ether oxygens (including phenoxy) is 2. The summed E-state index contributed by atoms with van der Waals surface area (Å²) < 4.78 is 12.9. The van der Waals surface area contributed by atoms with Gasteiger partial charge >= 0.3 is 6.03 Å². The molecule has 1 aromatic heterocycles. The predicted molar refractivity (Wildman–Crippen MR) is 144 cm³/mol. The Balaban J connectivity index is 0.000000291. The lowest BCUT2D eigenvalue weighted by atomic mass is 9.50. The molecule has 8 heteroatoms. The molecule has 1 saturated heterocycles. The summed E-state index contributed by atoms with van der Waals surface area (Å²) in [6.45, 7) is 9.98. The Hall–Kier alpha value is -2.84. The summed E-state index contributed by atoms with van der Waals surface area (Å²) in [5, 5.41) is 5.80. The topological polar surface area (TPSA) is 110 Å². The molecule has 3 heterocycles. The average Bonchev–Trinajstić information content (AvgIpc) is 3.47. The van der Waals surface area contributed by atoms with Gasteiger partial charge in [0.25, 0.3) is 0 Å². The van der Waals surface area contributed by atoms with E-state index in [1.807, 2.05) is 19.9 Å². The summed E-state index contributed by atoms with van der Waals surface area (Å²) in [5.41, 5.74) is 4.95. The Morgan fingerprint density at radius 1 is 1.16 bits per heavy atom. The molecule has 2 amide bonds. The third-order valence-corrected chi connectivity index (χ3v) is 9.65. The van der Waals surface area contributed by atoms with E-state index in [4.69, 9.17) is 9.47 Å². The van der Waals surface area contributed by atoms with Crippen LogP contribution in [0.1, 0.15) is 77.5 Å². The largest absolute Gasteiger partial charge is 0.378 e. The molecule has 2 aromatic rings. The average molecular weight is 520 g/mol. The van der Waals surface area contributed by atoms with Crippen molar-refractivity contribution in [2.24, 2.45) is 22.4 Å². The van der Waals surface area contributed by atoms with Crippen molar-refractivity contribution in [3.05, 3.63) is 52.1 Å². The van der Waals surface area contributed by atoms with E-state index in [1.54, 1.807) is 13.8 Å². The first kappa shape index (κ1) is 25.4. The first-order chi connectivity index (χ1) is 18.0. The van der Waals surface area contributed by atoms with E-state index in [0.717, 1.165) is 24.8 Å². The third kappa shape index (κ3) is 3.63. The number of carbonyl (C=O) groups is 2. The number of ketones is 1. The smallest absolute Gasteiger partial charge is 0.358 e. The summed E-state index contributed by atoms with van der Waals surface area (Å²) >= 11 is 0. The van der Waals surface area contributed by atoms with E-state index < -0.39 is 23.5 Å². The molecule has 7 rings (SSSR count). The minimum Gasteiger partial charge on any atom is -0.358 e. The molecule has 3 aliphatic carbocycles. The molecule has 1 aromatic carbocycles. The number of nitroso groups, excluding NO2 is 1. The van der Waals surface area contributed by atoms with E-state index in [9.17, 15) is 14.5 Å². The molecule has 6 unspecified atom stereocenters. The lowest BCUT2D eigenvalue weighted by molar-refractivity contribution is -0.199. The van der Waals surface area contributed by atoms with Crippen LogP contribution >= 0.6 is 0 Å². The number of rotatable bonds is 1. The van der Waals surface area contributed by atoms with Crippen LogP contribution in [-0.2, 0) is 20.7 Å². The molecule has 2 saturated carbocycles. The first-order valence-corrected chi connectivity index (χ1v) is 13.9. The van der Waals surface area contributed by atoms with Crippen LogP contribution in [0.3, 0.4) is 0 Å². The Morgan fingerprint density at radius 2 is 1.92 bits per heavy atom. The van der Waals surface area contributed by atoms with Gasteiger partial charge in [-0.15, -0.1) is 4.91 Å². The molecule has 5 aliphatic rings. The fraction of sp³-hybridized carbons (Fsp3) is 0.600. The van der Waals surface area contributed by atoms with Gasteiger partial charge in [0.15, 0.2) is 17.7 Å². The van der Waals surface area contributed by atoms with Gasteiger partial charge in [0.2, 0.25) is 0 Å². The van der Waals surface area contributed by atoms with Crippen molar-refractivity contribution >= 4 is 22.7 Å². The van der Waals surface area contributed by atoms with Crippen LogP contribution in [0.4, 0.5) is 4.79 Å². The molecule has 6 atom stereocenters. The van der Waals surface area contributed by atoms with Crippen molar-refractivity contribution in [2.45, 2.75) is 96.2 Å². The first-order valence-electron chi connectivity index (χ1n) is 13.9. The molecule has 8 nitrogen and oxygen atoms in total. The Labute approximate surface area is 222 Å². The van der Waals surface area contributed by atoms with Gasteiger partial charge in [0.05, 0.1) is 0 Å². The maximum absolute atomic E-state index is 13.0. The molecule has 202 valence electrons. The van der Waals surface area contributed by atoms with Crippen molar-refractivity contribution in [1.29, 1.82) is 0 Å². The molecule has 38 heavy (non-hydrogen) atoms. The maximum Gasteiger partial charge on any atom is 0.378 e. The minimum atomic E-state index is -0.806. The number of benzene rings is 1. The number of nitrogens with zero attached hydrogens (tertiary/aromatic N) is 1. The fourth-order valence-corrected chi connectivity index (χ4v) is 8.26. The maximum atomic E-state index is 13.0. The summed E-state index contributed by atoms with van der Waals surface area (Å²) in [7, 11) is 0. The molecule has 2 N–H and O–H groups in total. The van der Waals surface area contributed by atoms with Gasteiger partial charge in [-0.3, -0.25) is 4.79 Å². The van der Waals surface area contributed by atoms with E-state index in [-0.39, 0.29) is 17.2 Å².